The summed E-state index contributed by atoms with van der Waals surface area (Å²) in [7, 11) is 0. The fraction of sp³-hybridized carbons (Fsp3) is 0.333. The molecule has 0 radical (unpaired) electrons. The molecular formula is C21H26N2O3. The van der Waals surface area contributed by atoms with Crippen molar-refractivity contribution in [1.29, 1.82) is 0 Å². The Bertz CT molecular complexity index is 772. The molecule has 0 aromatic heterocycles. The van der Waals surface area contributed by atoms with Gasteiger partial charge in [-0.1, -0.05) is 24.3 Å². The van der Waals surface area contributed by atoms with Crippen molar-refractivity contribution in [3.05, 3.63) is 59.2 Å². The van der Waals surface area contributed by atoms with Crippen LogP contribution < -0.4 is 15.4 Å². The van der Waals surface area contributed by atoms with Crippen molar-refractivity contribution >= 4 is 17.5 Å². The van der Waals surface area contributed by atoms with Crippen molar-refractivity contribution in [2.45, 2.75) is 33.6 Å². The smallest absolute Gasteiger partial charge is 0.255 e. The lowest BCUT2D eigenvalue weighted by Crippen LogP contribution is -2.26. The quantitative estimate of drug-likeness (QED) is 0.708. The summed E-state index contributed by atoms with van der Waals surface area (Å²) in [6, 6.07) is 13.1. The van der Waals surface area contributed by atoms with Crippen LogP contribution in [0.25, 0.3) is 0 Å². The highest BCUT2D eigenvalue weighted by atomic mass is 16.5. The number of hydrogen-bond donors (Lipinski definition) is 2. The van der Waals surface area contributed by atoms with Crippen LogP contribution in [0, 0.1) is 13.8 Å². The number of carbonyl (C=O) groups is 2. The monoisotopic (exact) mass is 354 g/mol. The number of para-hydroxylation sites is 1. The largest absolute Gasteiger partial charge is 0.493 e. The van der Waals surface area contributed by atoms with Gasteiger partial charge >= 0.3 is 0 Å². The van der Waals surface area contributed by atoms with Crippen LogP contribution in [0.4, 0.5) is 5.69 Å². The zero-order chi connectivity index (χ0) is 18.9. The SMILES string of the molecule is CCOc1ccccc1C(=O)NCCCC(=O)Nc1cc(C)ccc1C. The summed E-state index contributed by atoms with van der Waals surface area (Å²) in [5.74, 6) is 0.326. The summed E-state index contributed by atoms with van der Waals surface area (Å²) >= 11 is 0. The first-order valence-corrected chi connectivity index (χ1v) is 8.88. The normalized spacial score (nSPS) is 10.3. The van der Waals surface area contributed by atoms with E-state index in [0.717, 1.165) is 16.8 Å². The molecule has 0 atom stereocenters. The molecule has 0 aliphatic rings. The predicted molar refractivity (Wildman–Crippen MR) is 104 cm³/mol. The Labute approximate surface area is 154 Å². The summed E-state index contributed by atoms with van der Waals surface area (Å²) in [5.41, 5.74) is 3.48. The maximum Gasteiger partial charge on any atom is 0.255 e. The van der Waals surface area contributed by atoms with Gasteiger partial charge in [-0.15, -0.1) is 0 Å². The molecule has 0 fully saturated rings. The van der Waals surface area contributed by atoms with Gasteiger partial charge in [0.2, 0.25) is 5.91 Å². The highest BCUT2D eigenvalue weighted by Gasteiger charge is 2.11. The van der Waals surface area contributed by atoms with Gasteiger partial charge in [-0.3, -0.25) is 9.59 Å². The Morgan fingerprint density at radius 1 is 1.08 bits per heavy atom. The summed E-state index contributed by atoms with van der Waals surface area (Å²) in [4.78, 5) is 24.4. The Morgan fingerprint density at radius 2 is 1.85 bits per heavy atom. The summed E-state index contributed by atoms with van der Waals surface area (Å²) < 4.78 is 5.46. The number of rotatable bonds is 8. The highest BCUT2D eigenvalue weighted by molar-refractivity contribution is 5.97. The summed E-state index contributed by atoms with van der Waals surface area (Å²) in [5, 5.41) is 5.76. The Kier molecular flexibility index (Phi) is 7.21. The molecule has 2 N–H and O–H groups in total. The van der Waals surface area contributed by atoms with Gasteiger partial charge in [-0.2, -0.15) is 0 Å². The minimum absolute atomic E-state index is 0.0531. The number of hydrogen-bond acceptors (Lipinski definition) is 3. The molecule has 0 heterocycles. The van der Waals surface area contributed by atoms with Crippen molar-refractivity contribution in [3.63, 3.8) is 0 Å². The number of aryl methyl sites for hydroxylation is 2. The molecule has 0 saturated carbocycles. The Balaban J connectivity index is 1.79. The second-order valence-corrected chi connectivity index (χ2v) is 6.16. The van der Waals surface area contributed by atoms with Gasteiger partial charge in [0, 0.05) is 18.7 Å². The lowest BCUT2D eigenvalue weighted by Gasteiger charge is -2.11. The van der Waals surface area contributed by atoms with Crippen molar-refractivity contribution in [1.82, 2.24) is 5.32 Å². The average molecular weight is 354 g/mol. The van der Waals surface area contributed by atoms with Gasteiger partial charge in [0.1, 0.15) is 5.75 Å². The van der Waals surface area contributed by atoms with Crippen molar-refractivity contribution in [2.75, 3.05) is 18.5 Å². The van der Waals surface area contributed by atoms with Gasteiger partial charge in [0.25, 0.3) is 5.91 Å². The zero-order valence-corrected chi connectivity index (χ0v) is 15.6. The van der Waals surface area contributed by atoms with Crippen LogP contribution >= 0.6 is 0 Å². The van der Waals surface area contributed by atoms with Gasteiger partial charge in [0.05, 0.1) is 12.2 Å². The van der Waals surface area contributed by atoms with Gasteiger partial charge in [0.15, 0.2) is 0 Å². The van der Waals surface area contributed by atoms with E-state index in [4.69, 9.17) is 4.74 Å². The third-order valence-corrected chi connectivity index (χ3v) is 3.96. The van der Waals surface area contributed by atoms with E-state index in [9.17, 15) is 9.59 Å². The molecule has 0 aliphatic carbocycles. The number of benzene rings is 2. The topological polar surface area (TPSA) is 67.4 Å². The summed E-state index contributed by atoms with van der Waals surface area (Å²) in [6.45, 7) is 6.77. The molecule has 26 heavy (non-hydrogen) atoms. The van der Waals surface area contributed by atoms with E-state index in [-0.39, 0.29) is 11.8 Å². The van der Waals surface area contributed by atoms with Gasteiger partial charge < -0.3 is 15.4 Å². The first kappa shape index (κ1) is 19.5. The minimum atomic E-state index is -0.191. The van der Waals surface area contributed by atoms with Crippen LogP contribution in [0.5, 0.6) is 5.75 Å². The zero-order valence-electron chi connectivity index (χ0n) is 15.6. The van der Waals surface area contributed by atoms with E-state index in [0.29, 0.717) is 37.3 Å². The van der Waals surface area contributed by atoms with Gasteiger partial charge in [-0.25, -0.2) is 0 Å². The second kappa shape index (κ2) is 9.61. The van der Waals surface area contributed by atoms with Crippen molar-refractivity contribution in [2.24, 2.45) is 0 Å². The molecule has 2 aromatic carbocycles. The van der Waals surface area contributed by atoms with E-state index in [1.807, 2.05) is 45.0 Å². The van der Waals surface area contributed by atoms with E-state index in [1.165, 1.54) is 0 Å². The number of nitrogens with one attached hydrogen (secondary N) is 2. The van der Waals surface area contributed by atoms with Gasteiger partial charge in [-0.05, 0) is 56.5 Å². The lowest BCUT2D eigenvalue weighted by molar-refractivity contribution is -0.116. The summed E-state index contributed by atoms with van der Waals surface area (Å²) in [6.07, 6.45) is 0.917. The minimum Gasteiger partial charge on any atom is -0.493 e. The maximum absolute atomic E-state index is 12.3. The first-order valence-electron chi connectivity index (χ1n) is 8.88. The highest BCUT2D eigenvalue weighted by Crippen LogP contribution is 2.18. The number of carbonyl (C=O) groups excluding carboxylic acids is 2. The molecular weight excluding hydrogens is 328 g/mol. The van der Waals surface area contributed by atoms with E-state index >= 15 is 0 Å². The lowest BCUT2D eigenvalue weighted by atomic mass is 10.1. The van der Waals surface area contributed by atoms with E-state index in [2.05, 4.69) is 10.6 Å². The molecule has 0 aliphatic heterocycles. The number of amides is 2. The van der Waals surface area contributed by atoms with E-state index < -0.39 is 0 Å². The molecule has 2 rings (SSSR count). The van der Waals surface area contributed by atoms with Crippen LogP contribution in [0.3, 0.4) is 0 Å². The third kappa shape index (κ3) is 5.62. The van der Waals surface area contributed by atoms with Crippen LogP contribution in [0.1, 0.15) is 41.3 Å². The Morgan fingerprint density at radius 3 is 2.62 bits per heavy atom. The fourth-order valence-corrected chi connectivity index (χ4v) is 2.56. The Hall–Kier alpha value is -2.82. The molecule has 0 unspecified atom stereocenters. The van der Waals surface area contributed by atoms with E-state index in [1.54, 1.807) is 18.2 Å². The molecule has 5 nitrogen and oxygen atoms in total. The van der Waals surface area contributed by atoms with Crippen LogP contribution in [-0.2, 0) is 4.79 Å². The molecule has 2 amide bonds. The average Bonchev–Trinajstić information content (AvgIpc) is 2.62. The van der Waals surface area contributed by atoms with Crippen molar-refractivity contribution < 1.29 is 14.3 Å². The standard InChI is InChI=1S/C21H26N2O3/c1-4-26-19-9-6-5-8-17(19)21(25)22-13-7-10-20(24)23-18-14-15(2)11-12-16(18)3/h5-6,8-9,11-12,14H,4,7,10,13H2,1-3H3,(H,22,25)(H,23,24). The molecule has 138 valence electrons. The molecule has 0 spiro atoms. The predicted octanol–water partition coefficient (Wildman–Crippen LogP) is 3.85. The van der Waals surface area contributed by atoms with Crippen LogP contribution in [0.2, 0.25) is 0 Å². The van der Waals surface area contributed by atoms with Crippen LogP contribution in [-0.4, -0.2) is 25.0 Å². The fourth-order valence-electron chi connectivity index (χ4n) is 2.56. The molecule has 5 heteroatoms. The maximum atomic E-state index is 12.3. The molecule has 0 bridgehead atoms. The van der Waals surface area contributed by atoms with Crippen LogP contribution in [0.15, 0.2) is 42.5 Å². The molecule has 0 saturated heterocycles. The molecule has 2 aromatic rings. The van der Waals surface area contributed by atoms with Crippen molar-refractivity contribution in [3.8, 4) is 5.75 Å². The first-order chi connectivity index (χ1) is 12.5. The second-order valence-electron chi connectivity index (χ2n) is 6.16. The number of ether oxygens (including phenoxy) is 1. The third-order valence-electron chi connectivity index (χ3n) is 3.96. The number of anilines is 1.